The molecule has 0 fully saturated rings. The van der Waals surface area contributed by atoms with E-state index in [4.69, 9.17) is 0 Å². The summed E-state index contributed by atoms with van der Waals surface area (Å²) in [4.78, 5) is 11.2. The van der Waals surface area contributed by atoms with Gasteiger partial charge in [0.15, 0.2) is 0 Å². The molecule has 0 unspecified atom stereocenters. The SMILES string of the molecule is Cc1ccc(C(=O)NN=CC(F)(F)F)cc1. The van der Waals surface area contributed by atoms with Gasteiger partial charge in [0.25, 0.3) is 5.91 Å². The van der Waals surface area contributed by atoms with E-state index in [1.165, 1.54) is 12.1 Å². The first-order chi connectivity index (χ1) is 7.38. The number of hydrogen-bond acceptors (Lipinski definition) is 2. The van der Waals surface area contributed by atoms with Crippen LogP contribution in [0.1, 0.15) is 15.9 Å². The number of benzene rings is 1. The fraction of sp³-hybridized carbons (Fsp3) is 0.200. The summed E-state index contributed by atoms with van der Waals surface area (Å²) in [6.45, 7) is 1.84. The van der Waals surface area contributed by atoms with Crippen molar-refractivity contribution in [3.8, 4) is 0 Å². The number of nitrogens with zero attached hydrogens (tertiary/aromatic N) is 1. The first-order valence-corrected chi connectivity index (χ1v) is 4.36. The van der Waals surface area contributed by atoms with Crippen LogP contribution in [0.25, 0.3) is 0 Å². The quantitative estimate of drug-likeness (QED) is 0.614. The highest BCUT2D eigenvalue weighted by molar-refractivity contribution is 5.94. The van der Waals surface area contributed by atoms with Crippen LogP contribution in [0.2, 0.25) is 0 Å². The maximum atomic E-state index is 11.7. The lowest BCUT2D eigenvalue weighted by atomic mass is 10.1. The van der Waals surface area contributed by atoms with E-state index in [0.29, 0.717) is 0 Å². The number of halogens is 3. The molecular formula is C10H9F3N2O. The van der Waals surface area contributed by atoms with Crippen LogP contribution >= 0.6 is 0 Å². The number of amides is 1. The Hall–Kier alpha value is -1.85. The summed E-state index contributed by atoms with van der Waals surface area (Å²) in [5.74, 6) is -0.680. The number of carbonyl (C=O) groups is 1. The molecule has 0 aromatic heterocycles. The predicted molar refractivity (Wildman–Crippen MR) is 53.2 cm³/mol. The minimum Gasteiger partial charge on any atom is -0.267 e. The molecule has 0 bridgehead atoms. The van der Waals surface area contributed by atoms with Crippen LogP contribution in [0.15, 0.2) is 29.4 Å². The van der Waals surface area contributed by atoms with Crippen molar-refractivity contribution in [3.63, 3.8) is 0 Å². The molecule has 0 aliphatic carbocycles. The molecule has 0 aliphatic heterocycles. The minimum absolute atomic E-state index is 0.255. The zero-order valence-corrected chi connectivity index (χ0v) is 8.38. The average molecular weight is 230 g/mol. The molecule has 0 aliphatic rings. The summed E-state index contributed by atoms with van der Waals surface area (Å²) in [6, 6.07) is 6.38. The Kier molecular flexibility index (Phi) is 3.65. The monoisotopic (exact) mass is 230 g/mol. The molecule has 0 atom stereocenters. The third kappa shape index (κ3) is 4.12. The Morgan fingerprint density at radius 1 is 1.31 bits per heavy atom. The van der Waals surface area contributed by atoms with Gasteiger partial charge in [-0.1, -0.05) is 17.7 Å². The molecule has 1 amide bonds. The third-order valence-electron chi connectivity index (χ3n) is 1.69. The second-order valence-corrected chi connectivity index (χ2v) is 3.11. The fourth-order valence-corrected chi connectivity index (χ4v) is 0.934. The molecule has 1 rings (SSSR count). The van der Waals surface area contributed by atoms with Crippen molar-refractivity contribution in [2.24, 2.45) is 5.10 Å². The molecule has 0 radical (unpaired) electrons. The fourth-order valence-electron chi connectivity index (χ4n) is 0.934. The minimum atomic E-state index is -4.53. The number of hydrogen-bond donors (Lipinski definition) is 1. The van der Waals surface area contributed by atoms with E-state index in [9.17, 15) is 18.0 Å². The lowest BCUT2D eigenvalue weighted by Gasteiger charge is -2.01. The molecular weight excluding hydrogens is 221 g/mol. The summed E-state index contributed by atoms with van der Waals surface area (Å²) in [7, 11) is 0. The van der Waals surface area contributed by atoms with Crippen molar-refractivity contribution in [3.05, 3.63) is 35.4 Å². The standard InChI is InChI=1S/C10H9F3N2O/c1-7-2-4-8(5-3-7)9(16)15-14-6-10(11,12)13/h2-6H,1H3,(H,15,16). The lowest BCUT2D eigenvalue weighted by molar-refractivity contribution is -0.0538. The average Bonchev–Trinajstić information content (AvgIpc) is 2.16. The number of nitrogens with one attached hydrogen (secondary N) is 1. The van der Waals surface area contributed by atoms with Gasteiger partial charge >= 0.3 is 6.18 Å². The lowest BCUT2D eigenvalue weighted by Crippen LogP contribution is -2.20. The predicted octanol–water partition coefficient (Wildman–Crippen LogP) is 2.27. The van der Waals surface area contributed by atoms with Crippen LogP contribution in [-0.4, -0.2) is 18.3 Å². The van der Waals surface area contributed by atoms with Crippen LogP contribution in [0.4, 0.5) is 13.2 Å². The van der Waals surface area contributed by atoms with E-state index in [2.05, 4.69) is 5.10 Å². The Labute approximate surface area is 90.0 Å². The largest absolute Gasteiger partial charge is 0.428 e. The summed E-state index contributed by atoms with van der Waals surface area (Å²) in [5.41, 5.74) is 2.99. The molecule has 0 heterocycles. The number of hydrazone groups is 1. The highest BCUT2D eigenvalue weighted by Gasteiger charge is 2.23. The van der Waals surface area contributed by atoms with Gasteiger partial charge < -0.3 is 0 Å². The Morgan fingerprint density at radius 2 is 1.88 bits per heavy atom. The summed E-state index contributed by atoms with van der Waals surface area (Å²) >= 11 is 0. The maximum absolute atomic E-state index is 11.7. The maximum Gasteiger partial charge on any atom is 0.428 e. The molecule has 16 heavy (non-hydrogen) atoms. The van der Waals surface area contributed by atoms with Crippen LogP contribution in [0.3, 0.4) is 0 Å². The van der Waals surface area contributed by atoms with Crippen molar-refractivity contribution < 1.29 is 18.0 Å². The van der Waals surface area contributed by atoms with Gasteiger partial charge in [0.2, 0.25) is 0 Å². The van der Waals surface area contributed by atoms with E-state index in [1.54, 1.807) is 17.6 Å². The van der Waals surface area contributed by atoms with Crippen molar-refractivity contribution in [1.29, 1.82) is 0 Å². The molecule has 0 saturated carbocycles. The van der Waals surface area contributed by atoms with Crippen LogP contribution in [0, 0.1) is 6.92 Å². The second-order valence-electron chi connectivity index (χ2n) is 3.11. The Balaban J connectivity index is 2.60. The summed E-state index contributed by atoms with van der Waals surface area (Å²) < 4.78 is 35.0. The summed E-state index contributed by atoms with van der Waals surface area (Å²) in [5, 5.41) is 2.79. The zero-order valence-electron chi connectivity index (χ0n) is 8.38. The highest BCUT2D eigenvalue weighted by Crippen LogP contribution is 2.10. The zero-order chi connectivity index (χ0) is 12.2. The molecule has 3 nitrogen and oxygen atoms in total. The van der Waals surface area contributed by atoms with Gasteiger partial charge in [0.1, 0.15) is 6.21 Å². The molecule has 0 saturated heterocycles. The van der Waals surface area contributed by atoms with Crippen molar-refractivity contribution in [2.45, 2.75) is 13.1 Å². The number of alkyl halides is 3. The van der Waals surface area contributed by atoms with Gasteiger partial charge in [-0.3, -0.25) is 4.79 Å². The van der Waals surface area contributed by atoms with Gasteiger partial charge in [-0.05, 0) is 19.1 Å². The Morgan fingerprint density at radius 3 is 2.38 bits per heavy atom. The smallest absolute Gasteiger partial charge is 0.267 e. The molecule has 1 aromatic rings. The van der Waals surface area contributed by atoms with Crippen LogP contribution in [-0.2, 0) is 0 Å². The van der Waals surface area contributed by atoms with Gasteiger partial charge in [-0.25, -0.2) is 5.43 Å². The topological polar surface area (TPSA) is 41.5 Å². The van der Waals surface area contributed by atoms with E-state index in [1.807, 2.05) is 6.92 Å². The molecule has 86 valence electrons. The highest BCUT2D eigenvalue weighted by atomic mass is 19.4. The van der Waals surface area contributed by atoms with Gasteiger partial charge in [-0.2, -0.15) is 18.3 Å². The third-order valence-corrected chi connectivity index (χ3v) is 1.69. The first kappa shape index (κ1) is 12.2. The van der Waals surface area contributed by atoms with Crippen LogP contribution in [0.5, 0.6) is 0 Å². The van der Waals surface area contributed by atoms with Crippen molar-refractivity contribution >= 4 is 12.1 Å². The molecule has 1 aromatic carbocycles. The van der Waals surface area contributed by atoms with Gasteiger partial charge in [-0.15, -0.1) is 0 Å². The van der Waals surface area contributed by atoms with E-state index in [0.717, 1.165) is 5.56 Å². The van der Waals surface area contributed by atoms with E-state index >= 15 is 0 Å². The van der Waals surface area contributed by atoms with Gasteiger partial charge in [0.05, 0.1) is 0 Å². The Bertz CT molecular complexity index is 396. The normalized spacial score (nSPS) is 11.8. The number of aryl methyl sites for hydroxylation is 1. The molecule has 0 spiro atoms. The van der Waals surface area contributed by atoms with Crippen LogP contribution < -0.4 is 5.43 Å². The van der Waals surface area contributed by atoms with Gasteiger partial charge in [0, 0.05) is 5.56 Å². The van der Waals surface area contributed by atoms with E-state index < -0.39 is 12.1 Å². The second kappa shape index (κ2) is 4.78. The molecule has 1 N–H and O–H groups in total. The number of carbonyl (C=O) groups excluding carboxylic acids is 1. The van der Waals surface area contributed by atoms with E-state index in [-0.39, 0.29) is 11.8 Å². The first-order valence-electron chi connectivity index (χ1n) is 4.36. The number of rotatable bonds is 2. The van der Waals surface area contributed by atoms with Crippen molar-refractivity contribution in [2.75, 3.05) is 0 Å². The molecule has 6 heteroatoms. The van der Waals surface area contributed by atoms with Crippen molar-refractivity contribution in [1.82, 2.24) is 5.43 Å². The summed E-state index contributed by atoms with van der Waals surface area (Å²) in [6.07, 6.45) is -4.81.